The van der Waals surface area contributed by atoms with Gasteiger partial charge in [0.1, 0.15) is 0 Å². The smallest absolute Gasteiger partial charge is 0.172 e. The highest BCUT2D eigenvalue weighted by Gasteiger charge is 2.21. The first-order chi connectivity index (χ1) is 7.71. The summed E-state index contributed by atoms with van der Waals surface area (Å²) in [4.78, 5) is 4.45. The zero-order chi connectivity index (χ0) is 12.0. The number of thiazole rings is 1. The van der Waals surface area contributed by atoms with Gasteiger partial charge in [0.25, 0.3) is 0 Å². The minimum absolute atomic E-state index is 0.144. The van der Waals surface area contributed by atoms with Crippen LogP contribution < -0.4 is 5.32 Å². The van der Waals surface area contributed by atoms with Crippen molar-refractivity contribution >= 4 is 11.3 Å². The molecule has 1 aromatic heterocycles. The molecule has 0 aromatic carbocycles. The van der Waals surface area contributed by atoms with E-state index in [1.807, 2.05) is 6.92 Å². The fourth-order valence-corrected chi connectivity index (χ4v) is 2.47. The summed E-state index contributed by atoms with van der Waals surface area (Å²) in [6.07, 6.45) is 0.600. The van der Waals surface area contributed by atoms with Crippen LogP contribution in [0.3, 0.4) is 0 Å². The summed E-state index contributed by atoms with van der Waals surface area (Å²) in [5.74, 6) is 0. The number of nitrogens with zero attached hydrogens (tertiary/aromatic N) is 1. The highest BCUT2D eigenvalue weighted by Crippen LogP contribution is 2.13. The molecule has 0 aliphatic carbocycles. The van der Waals surface area contributed by atoms with Gasteiger partial charge in [-0.1, -0.05) is 6.92 Å². The minimum Gasteiger partial charge on any atom is -0.354 e. The Labute approximate surface area is 101 Å². The van der Waals surface area contributed by atoms with E-state index in [0.29, 0.717) is 0 Å². The molecule has 4 nitrogen and oxygen atoms in total. The van der Waals surface area contributed by atoms with Crippen molar-refractivity contribution in [1.29, 1.82) is 0 Å². The molecule has 0 aliphatic rings. The lowest BCUT2D eigenvalue weighted by Gasteiger charge is -2.24. The summed E-state index contributed by atoms with van der Waals surface area (Å²) in [5, 5.41) is 6.53. The first-order valence-electron chi connectivity index (χ1n) is 5.41. The van der Waals surface area contributed by atoms with Gasteiger partial charge in [0, 0.05) is 31.7 Å². The Balaban J connectivity index is 2.63. The van der Waals surface area contributed by atoms with Crippen molar-refractivity contribution in [2.24, 2.45) is 0 Å². The van der Waals surface area contributed by atoms with Crippen LogP contribution in [0.15, 0.2) is 5.38 Å². The van der Waals surface area contributed by atoms with Crippen molar-refractivity contribution in [1.82, 2.24) is 10.3 Å². The average Bonchev–Trinajstić information content (AvgIpc) is 2.66. The van der Waals surface area contributed by atoms with Gasteiger partial charge in [-0.3, -0.25) is 0 Å². The Hall–Kier alpha value is -0.490. The van der Waals surface area contributed by atoms with Gasteiger partial charge in [-0.05, 0) is 13.5 Å². The Morgan fingerprint density at radius 2 is 2.12 bits per heavy atom. The molecule has 0 aliphatic heterocycles. The van der Waals surface area contributed by atoms with E-state index in [9.17, 15) is 0 Å². The van der Waals surface area contributed by atoms with Crippen molar-refractivity contribution in [2.75, 3.05) is 20.8 Å². The number of aromatic nitrogens is 1. The maximum absolute atomic E-state index is 5.29. The molecule has 1 heterocycles. The van der Waals surface area contributed by atoms with Gasteiger partial charge in [-0.15, -0.1) is 11.3 Å². The van der Waals surface area contributed by atoms with Crippen LogP contribution in [0.4, 0.5) is 0 Å². The lowest BCUT2D eigenvalue weighted by molar-refractivity contribution is -0.122. The van der Waals surface area contributed by atoms with Crippen LogP contribution in [0.5, 0.6) is 0 Å². The molecule has 0 amide bonds. The molecule has 0 saturated heterocycles. The van der Waals surface area contributed by atoms with Crippen molar-refractivity contribution in [3.8, 4) is 0 Å². The van der Waals surface area contributed by atoms with E-state index in [2.05, 4.69) is 22.6 Å². The molecule has 1 N–H and O–H groups in total. The molecule has 0 spiro atoms. The van der Waals surface area contributed by atoms with E-state index in [1.54, 1.807) is 25.6 Å². The number of aryl methyl sites for hydroxylation is 1. The number of rotatable bonds is 7. The van der Waals surface area contributed by atoms with E-state index in [1.165, 1.54) is 0 Å². The number of likely N-dealkylation sites (N-methyl/N-ethyl adjacent to an activating group) is 1. The van der Waals surface area contributed by atoms with Gasteiger partial charge >= 0.3 is 0 Å². The number of ether oxygens (including phenoxy) is 2. The van der Waals surface area contributed by atoms with E-state index in [0.717, 1.165) is 23.7 Å². The number of hydrogen-bond acceptors (Lipinski definition) is 5. The summed E-state index contributed by atoms with van der Waals surface area (Å²) < 4.78 is 10.6. The zero-order valence-electron chi connectivity index (χ0n) is 10.3. The topological polar surface area (TPSA) is 43.4 Å². The van der Waals surface area contributed by atoms with Crippen molar-refractivity contribution in [2.45, 2.75) is 32.6 Å². The first-order valence-corrected chi connectivity index (χ1v) is 6.29. The fraction of sp³-hybridized carbons (Fsp3) is 0.727. The Kier molecular flexibility index (Phi) is 5.90. The van der Waals surface area contributed by atoms with Gasteiger partial charge < -0.3 is 14.8 Å². The van der Waals surface area contributed by atoms with Crippen molar-refractivity contribution < 1.29 is 9.47 Å². The minimum atomic E-state index is -0.232. The monoisotopic (exact) mass is 244 g/mol. The molecule has 1 aromatic rings. The second-order valence-corrected chi connectivity index (χ2v) is 4.53. The van der Waals surface area contributed by atoms with E-state index < -0.39 is 0 Å². The molecule has 0 fully saturated rings. The number of nitrogens with one attached hydrogen (secondary N) is 1. The Morgan fingerprint density at radius 3 is 2.56 bits per heavy atom. The Bertz CT molecular complexity index is 300. The van der Waals surface area contributed by atoms with Gasteiger partial charge in [0.05, 0.1) is 11.0 Å². The summed E-state index contributed by atoms with van der Waals surface area (Å²) in [5.41, 5.74) is 1.07. The van der Waals surface area contributed by atoms with Crippen molar-refractivity contribution in [3.05, 3.63) is 16.1 Å². The molecule has 0 saturated carbocycles. The molecule has 1 unspecified atom stereocenters. The lowest BCUT2D eigenvalue weighted by atomic mass is 10.2. The van der Waals surface area contributed by atoms with Crippen LogP contribution in [0.2, 0.25) is 0 Å². The number of hydrogen-bond donors (Lipinski definition) is 1. The van der Waals surface area contributed by atoms with Crippen LogP contribution in [0, 0.1) is 6.92 Å². The molecule has 0 bridgehead atoms. The summed E-state index contributed by atoms with van der Waals surface area (Å²) in [6, 6.07) is 0.144. The lowest BCUT2D eigenvalue weighted by Crippen LogP contribution is -2.43. The average molecular weight is 244 g/mol. The fourth-order valence-electron chi connectivity index (χ4n) is 1.64. The second kappa shape index (κ2) is 6.96. The predicted octanol–water partition coefficient (Wildman–Crippen LogP) is 1.59. The van der Waals surface area contributed by atoms with Gasteiger partial charge in [0.15, 0.2) is 6.29 Å². The van der Waals surface area contributed by atoms with E-state index >= 15 is 0 Å². The molecule has 1 rings (SSSR count). The van der Waals surface area contributed by atoms with Crippen molar-refractivity contribution in [3.63, 3.8) is 0 Å². The summed E-state index contributed by atoms with van der Waals surface area (Å²) in [6.45, 7) is 4.97. The van der Waals surface area contributed by atoms with Crippen LogP contribution in [-0.2, 0) is 15.9 Å². The molecule has 16 heavy (non-hydrogen) atoms. The second-order valence-electron chi connectivity index (χ2n) is 3.59. The molecule has 92 valence electrons. The SMILES string of the molecule is CCNC(Cc1nc(C)cs1)C(OC)OC. The largest absolute Gasteiger partial charge is 0.354 e. The van der Waals surface area contributed by atoms with Gasteiger partial charge in [-0.2, -0.15) is 0 Å². The maximum atomic E-state index is 5.29. The number of methoxy groups -OCH3 is 2. The maximum Gasteiger partial charge on any atom is 0.172 e. The molecule has 5 heteroatoms. The quantitative estimate of drug-likeness (QED) is 0.740. The molecule has 1 atom stereocenters. The zero-order valence-corrected chi connectivity index (χ0v) is 11.1. The highest BCUT2D eigenvalue weighted by molar-refractivity contribution is 7.09. The van der Waals surface area contributed by atoms with Crippen LogP contribution in [-0.4, -0.2) is 38.1 Å². The first kappa shape index (κ1) is 13.6. The van der Waals surface area contributed by atoms with Crippen LogP contribution in [0.1, 0.15) is 17.6 Å². The summed E-state index contributed by atoms with van der Waals surface area (Å²) >= 11 is 1.68. The summed E-state index contributed by atoms with van der Waals surface area (Å²) in [7, 11) is 3.32. The van der Waals surface area contributed by atoms with E-state index in [-0.39, 0.29) is 12.3 Å². The van der Waals surface area contributed by atoms with Gasteiger partial charge in [0.2, 0.25) is 0 Å². The Morgan fingerprint density at radius 1 is 1.44 bits per heavy atom. The third-order valence-electron chi connectivity index (χ3n) is 2.32. The van der Waals surface area contributed by atoms with Crippen LogP contribution in [0.25, 0.3) is 0 Å². The highest BCUT2D eigenvalue weighted by atomic mass is 32.1. The standard InChI is InChI=1S/C11H20N2O2S/c1-5-12-9(11(14-3)15-4)6-10-13-8(2)7-16-10/h7,9,11-12H,5-6H2,1-4H3. The van der Waals surface area contributed by atoms with Crippen LogP contribution >= 0.6 is 11.3 Å². The third kappa shape index (κ3) is 3.83. The predicted molar refractivity (Wildman–Crippen MR) is 65.8 cm³/mol. The third-order valence-corrected chi connectivity index (χ3v) is 3.31. The molecule has 0 radical (unpaired) electrons. The van der Waals surface area contributed by atoms with Gasteiger partial charge in [-0.25, -0.2) is 4.98 Å². The molecular formula is C11H20N2O2S. The molecular weight excluding hydrogens is 224 g/mol. The normalized spacial score (nSPS) is 13.3. The van der Waals surface area contributed by atoms with E-state index in [4.69, 9.17) is 9.47 Å².